The minimum atomic E-state index is -0.480. The largest absolute Gasteiger partial charge is 0.390 e. The Morgan fingerprint density at radius 1 is 1.33 bits per heavy atom. The molecule has 0 bridgehead atoms. The van der Waals surface area contributed by atoms with E-state index in [1.165, 1.54) is 0 Å². The van der Waals surface area contributed by atoms with Crippen LogP contribution >= 0.6 is 23.4 Å². The Balaban J connectivity index is 2.54. The van der Waals surface area contributed by atoms with E-state index in [2.05, 4.69) is 13.8 Å². The molecule has 0 fully saturated rings. The fourth-order valence-corrected chi connectivity index (χ4v) is 2.99. The molecular weight excluding hydrogens is 268 g/mol. The zero-order chi connectivity index (χ0) is 13.5. The van der Waals surface area contributed by atoms with Gasteiger partial charge in [-0.2, -0.15) is 0 Å². The van der Waals surface area contributed by atoms with E-state index < -0.39 is 6.10 Å². The number of hydrogen-bond donors (Lipinski definition) is 1. The summed E-state index contributed by atoms with van der Waals surface area (Å²) in [7, 11) is 0. The Morgan fingerprint density at radius 2 is 2.00 bits per heavy atom. The SMILES string of the molecule is CCOC(C(C)C)C(O)CSc1ccccc1Cl. The van der Waals surface area contributed by atoms with Crippen molar-refractivity contribution in [1.29, 1.82) is 0 Å². The predicted molar refractivity (Wildman–Crippen MR) is 78.4 cm³/mol. The van der Waals surface area contributed by atoms with Gasteiger partial charge in [-0.3, -0.25) is 0 Å². The van der Waals surface area contributed by atoms with Crippen LogP contribution in [-0.4, -0.2) is 29.7 Å². The highest BCUT2D eigenvalue weighted by Gasteiger charge is 2.23. The Morgan fingerprint density at radius 3 is 2.56 bits per heavy atom. The van der Waals surface area contributed by atoms with Gasteiger partial charge in [0.2, 0.25) is 0 Å². The van der Waals surface area contributed by atoms with Crippen LogP contribution in [0.4, 0.5) is 0 Å². The van der Waals surface area contributed by atoms with Crippen molar-refractivity contribution in [2.45, 2.75) is 37.9 Å². The molecule has 1 aromatic carbocycles. The lowest BCUT2D eigenvalue weighted by Gasteiger charge is -2.26. The first kappa shape index (κ1) is 15.8. The zero-order valence-corrected chi connectivity index (χ0v) is 12.7. The molecule has 0 radical (unpaired) electrons. The van der Waals surface area contributed by atoms with Crippen molar-refractivity contribution in [1.82, 2.24) is 0 Å². The van der Waals surface area contributed by atoms with Crippen molar-refractivity contribution in [3.63, 3.8) is 0 Å². The highest BCUT2D eigenvalue weighted by molar-refractivity contribution is 7.99. The molecule has 1 aromatic rings. The molecule has 0 aliphatic heterocycles. The van der Waals surface area contributed by atoms with E-state index in [0.717, 1.165) is 9.92 Å². The minimum absolute atomic E-state index is 0.120. The van der Waals surface area contributed by atoms with E-state index >= 15 is 0 Å². The summed E-state index contributed by atoms with van der Waals surface area (Å²) in [6, 6.07) is 7.67. The molecule has 2 unspecified atom stereocenters. The summed E-state index contributed by atoms with van der Waals surface area (Å²) in [5.74, 6) is 0.888. The van der Waals surface area contributed by atoms with Crippen molar-refractivity contribution in [3.05, 3.63) is 29.3 Å². The number of hydrogen-bond acceptors (Lipinski definition) is 3. The lowest BCUT2D eigenvalue weighted by Crippen LogP contribution is -2.35. The number of halogens is 1. The standard InChI is InChI=1S/C14H21ClO2S/c1-4-17-14(10(2)3)12(16)9-18-13-8-6-5-7-11(13)15/h5-8,10,12,14,16H,4,9H2,1-3H3. The van der Waals surface area contributed by atoms with Crippen LogP contribution in [0.5, 0.6) is 0 Å². The Labute approximate surface area is 119 Å². The van der Waals surface area contributed by atoms with Crippen molar-refractivity contribution in [2.75, 3.05) is 12.4 Å². The summed E-state index contributed by atoms with van der Waals surface area (Å²) in [6.07, 6.45) is -0.601. The first-order valence-corrected chi connectivity index (χ1v) is 7.59. The monoisotopic (exact) mass is 288 g/mol. The van der Waals surface area contributed by atoms with Crippen LogP contribution in [0.2, 0.25) is 5.02 Å². The number of aliphatic hydroxyl groups excluding tert-OH is 1. The predicted octanol–water partition coefficient (Wildman–Crippen LogP) is 3.85. The second-order valence-electron chi connectivity index (χ2n) is 4.47. The van der Waals surface area contributed by atoms with Crippen LogP contribution in [0.1, 0.15) is 20.8 Å². The Kier molecular flexibility index (Phi) is 7.08. The average molecular weight is 289 g/mol. The van der Waals surface area contributed by atoms with Crippen molar-refractivity contribution in [2.24, 2.45) is 5.92 Å². The first-order chi connectivity index (χ1) is 8.56. The molecule has 0 aromatic heterocycles. The second-order valence-corrected chi connectivity index (χ2v) is 5.94. The zero-order valence-electron chi connectivity index (χ0n) is 11.1. The molecule has 4 heteroatoms. The molecule has 0 heterocycles. The van der Waals surface area contributed by atoms with Crippen LogP contribution in [0, 0.1) is 5.92 Å². The van der Waals surface area contributed by atoms with Crippen molar-refractivity contribution >= 4 is 23.4 Å². The average Bonchev–Trinajstić information content (AvgIpc) is 2.34. The van der Waals surface area contributed by atoms with Crippen LogP contribution in [0.3, 0.4) is 0 Å². The minimum Gasteiger partial charge on any atom is -0.390 e. The fraction of sp³-hybridized carbons (Fsp3) is 0.571. The van der Waals surface area contributed by atoms with E-state index in [0.29, 0.717) is 18.3 Å². The summed E-state index contributed by atoms with van der Waals surface area (Å²) in [4.78, 5) is 0.997. The van der Waals surface area contributed by atoms with Crippen LogP contribution < -0.4 is 0 Å². The van der Waals surface area contributed by atoms with Gasteiger partial charge in [-0.05, 0) is 25.0 Å². The molecule has 18 heavy (non-hydrogen) atoms. The van der Waals surface area contributed by atoms with Gasteiger partial charge in [0.05, 0.1) is 17.2 Å². The summed E-state index contributed by atoms with van der Waals surface area (Å²) in [5.41, 5.74) is 0. The third-order valence-electron chi connectivity index (χ3n) is 2.64. The van der Waals surface area contributed by atoms with Gasteiger partial charge in [0.25, 0.3) is 0 Å². The highest BCUT2D eigenvalue weighted by atomic mass is 35.5. The second kappa shape index (κ2) is 8.05. The molecule has 2 nitrogen and oxygen atoms in total. The maximum atomic E-state index is 10.2. The topological polar surface area (TPSA) is 29.5 Å². The molecule has 102 valence electrons. The van der Waals surface area contributed by atoms with Gasteiger partial charge in [0, 0.05) is 17.3 Å². The van der Waals surface area contributed by atoms with Gasteiger partial charge in [0.15, 0.2) is 0 Å². The van der Waals surface area contributed by atoms with Crippen molar-refractivity contribution in [3.8, 4) is 0 Å². The molecule has 2 atom stereocenters. The molecular formula is C14H21ClO2S. The number of benzene rings is 1. The van der Waals surface area contributed by atoms with E-state index in [1.54, 1.807) is 11.8 Å². The Bertz CT molecular complexity index is 357. The summed E-state index contributed by atoms with van der Waals surface area (Å²) < 4.78 is 5.59. The van der Waals surface area contributed by atoms with E-state index in [4.69, 9.17) is 16.3 Å². The molecule has 0 saturated carbocycles. The molecule has 1 rings (SSSR count). The van der Waals surface area contributed by atoms with Gasteiger partial charge in [-0.15, -0.1) is 11.8 Å². The smallest absolute Gasteiger partial charge is 0.0897 e. The number of rotatable bonds is 7. The summed E-state index contributed by atoms with van der Waals surface area (Å²) >= 11 is 7.64. The van der Waals surface area contributed by atoms with Crippen LogP contribution in [-0.2, 0) is 4.74 Å². The third-order valence-corrected chi connectivity index (χ3v) is 4.26. The molecule has 0 amide bonds. The number of aliphatic hydroxyl groups is 1. The number of thioether (sulfide) groups is 1. The quantitative estimate of drug-likeness (QED) is 0.773. The molecule has 0 aliphatic rings. The van der Waals surface area contributed by atoms with Crippen molar-refractivity contribution < 1.29 is 9.84 Å². The highest BCUT2D eigenvalue weighted by Crippen LogP contribution is 2.28. The first-order valence-electron chi connectivity index (χ1n) is 6.23. The molecule has 1 N–H and O–H groups in total. The molecule has 0 aliphatic carbocycles. The maximum Gasteiger partial charge on any atom is 0.0897 e. The van der Waals surface area contributed by atoms with E-state index in [1.807, 2.05) is 31.2 Å². The lowest BCUT2D eigenvalue weighted by atomic mass is 10.0. The van der Waals surface area contributed by atoms with Gasteiger partial charge in [-0.25, -0.2) is 0 Å². The molecule has 0 spiro atoms. The maximum absolute atomic E-state index is 10.2. The fourth-order valence-electron chi connectivity index (χ4n) is 1.77. The van der Waals surface area contributed by atoms with Gasteiger partial charge in [0.1, 0.15) is 0 Å². The van der Waals surface area contributed by atoms with Gasteiger partial charge >= 0.3 is 0 Å². The number of ether oxygens (including phenoxy) is 1. The summed E-state index contributed by atoms with van der Waals surface area (Å²) in [5, 5.41) is 10.9. The van der Waals surface area contributed by atoms with Crippen LogP contribution in [0.25, 0.3) is 0 Å². The normalized spacial score (nSPS) is 14.8. The lowest BCUT2D eigenvalue weighted by molar-refractivity contribution is -0.0470. The van der Waals surface area contributed by atoms with Crippen LogP contribution in [0.15, 0.2) is 29.2 Å². The van der Waals surface area contributed by atoms with Gasteiger partial charge in [-0.1, -0.05) is 37.6 Å². The third kappa shape index (κ3) is 4.81. The van der Waals surface area contributed by atoms with Gasteiger partial charge < -0.3 is 9.84 Å². The van der Waals surface area contributed by atoms with E-state index in [-0.39, 0.29) is 6.10 Å². The van der Waals surface area contributed by atoms with E-state index in [9.17, 15) is 5.11 Å². The Hall–Kier alpha value is -0.220. The summed E-state index contributed by atoms with van der Waals surface area (Å²) in [6.45, 7) is 6.69. The molecule has 0 saturated heterocycles.